The van der Waals surface area contributed by atoms with Crippen molar-refractivity contribution in [3.05, 3.63) is 29.8 Å². The Morgan fingerprint density at radius 2 is 1.75 bits per heavy atom. The molecule has 2 N–H and O–H groups in total. The Kier molecular flexibility index (Phi) is 5.95. The van der Waals surface area contributed by atoms with Crippen molar-refractivity contribution in [2.24, 2.45) is 0 Å². The van der Waals surface area contributed by atoms with E-state index in [4.69, 9.17) is 9.84 Å². The normalized spacial score (nSPS) is 15.7. The molecule has 1 amide bonds. The first kappa shape index (κ1) is 18.0. The van der Waals surface area contributed by atoms with Gasteiger partial charge in [0.05, 0.1) is 19.1 Å². The van der Waals surface area contributed by atoms with Gasteiger partial charge in [-0.1, -0.05) is 12.8 Å². The fourth-order valence-electron chi connectivity index (χ4n) is 3.19. The largest absolute Gasteiger partial charge is 0.497 e. The van der Waals surface area contributed by atoms with Crippen LogP contribution in [0.1, 0.15) is 55.3 Å². The molecule has 24 heavy (non-hydrogen) atoms. The molecule has 6 nitrogen and oxygen atoms in total. The zero-order valence-corrected chi connectivity index (χ0v) is 13.8. The minimum Gasteiger partial charge on any atom is -0.497 e. The van der Waals surface area contributed by atoms with Crippen molar-refractivity contribution in [2.75, 3.05) is 7.11 Å². The van der Waals surface area contributed by atoms with Crippen LogP contribution >= 0.6 is 0 Å². The highest BCUT2D eigenvalue weighted by Crippen LogP contribution is 2.32. The third-order valence-electron chi connectivity index (χ3n) is 4.45. The molecular weight excluding hydrogens is 310 g/mol. The van der Waals surface area contributed by atoms with E-state index in [-0.39, 0.29) is 31.0 Å². The van der Waals surface area contributed by atoms with Gasteiger partial charge in [0.2, 0.25) is 5.91 Å². The second-order valence-electron chi connectivity index (χ2n) is 6.26. The van der Waals surface area contributed by atoms with E-state index in [2.05, 4.69) is 5.32 Å². The van der Waals surface area contributed by atoms with Crippen LogP contribution in [0, 0.1) is 0 Å². The first-order chi connectivity index (χ1) is 11.4. The van der Waals surface area contributed by atoms with Crippen LogP contribution in [0.4, 0.5) is 0 Å². The molecule has 1 aromatic carbocycles. The van der Waals surface area contributed by atoms with Crippen LogP contribution in [-0.2, 0) is 9.59 Å². The number of methoxy groups -OCH3 is 1. The monoisotopic (exact) mass is 333 g/mol. The van der Waals surface area contributed by atoms with Gasteiger partial charge in [0.1, 0.15) is 5.75 Å². The van der Waals surface area contributed by atoms with E-state index in [1.54, 1.807) is 31.4 Å². The highest BCUT2D eigenvalue weighted by atomic mass is 16.5. The van der Waals surface area contributed by atoms with E-state index in [9.17, 15) is 14.4 Å². The first-order valence-electron chi connectivity index (χ1n) is 8.14. The molecule has 1 saturated carbocycles. The average molecular weight is 333 g/mol. The van der Waals surface area contributed by atoms with Crippen molar-refractivity contribution >= 4 is 17.7 Å². The van der Waals surface area contributed by atoms with Crippen LogP contribution < -0.4 is 10.1 Å². The maximum absolute atomic E-state index is 12.1. The number of ether oxygens (including phenoxy) is 1. The van der Waals surface area contributed by atoms with Crippen LogP contribution in [0.2, 0.25) is 0 Å². The van der Waals surface area contributed by atoms with E-state index in [0.717, 1.165) is 12.8 Å². The Labute approximate surface area is 141 Å². The van der Waals surface area contributed by atoms with E-state index < -0.39 is 11.5 Å². The summed E-state index contributed by atoms with van der Waals surface area (Å²) in [6.07, 6.45) is 3.28. The van der Waals surface area contributed by atoms with Gasteiger partial charge in [-0.15, -0.1) is 0 Å². The second kappa shape index (κ2) is 7.95. The molecule has 0 saturated heterocycles. The lowest BCUT2D eigenvalue weighted by molar-refractivity contribution is -0.139. The summed E-state index contributed by atoms with van der Waals surface area (Å²) in [4.78, 5) is 35.3. The van der Waals surface area contributed by atoms with Gasteiger partial charge in [-0.3, -0.25) is 14.4 Å². The van der Waals surface area contributed by atoms with Crippen molar-refractivity contribution in [2.45, 2.75) is 50.5 Å². The summed E-state index contributed by atoms with van der Waals surface area (Å²) in [6.45, 7) is 0. The standard InChI is InChI=1S/C18H23NO5/c1-24-14-6-4-13(5-7-14)15(20)8-9-16(21)19-18(12-17(22)23)10-2-3-11-18/h4-7H,2-3,8-12H2,1H3,(H,19,21)(H,22,23). The van der Waals surface area contributed by atoms with Crippen LogP contribution in [0.3, 0.4) is 0 Å². The minimum absolute atomic E-state index is 0.0617. The fraction of sp³-hybridized carbons (Fsp3) is 0.500. The molecule has 2 rings (SSSR count). The first-order valence-corrected chi connectivity index (χ1v) is 8.14. The summed E-state index contributed by atoms with van der Waals surface area (Å²) in [6, 6.07) is 6.74. The van der Waals surface area contributed by atoms with Gasteiger partial charge in [0, 0.05) is 18.4 Å². The molecule has 0 bridgehead atoms. The highest BCUT2D eigenvalue weighted by Gasteiger charge is 2.37. The molecule has 1 aliphatic rings. The summed E-state index contributed by atoms with van der Waals surface area (Å²) in [7, 11) is 1.55. The molecule has 1 fully saturated rings. The molecular formula is C18H23NO5. The van der Waals surface area contributed by atoms with Crippen molar-refractivity contribution < 1.29 is 24.2 Å². The fourth-order valence-corrected chi connectivity index (χ4v) is 3.19. The van der Waals surface area contributed by atoms with E-state index in [1.807, 2.05) is 0 Å². The van der Waals surface area contributed by atoms with Gasteiger partial charge in [-0.2, -0.15) is 0 Å². The Morgan fingerprint density at radius 3 is 2.29 bits per heavy atom. The van der Waals surface area contributed by atoms with Gasteiger partial charge in [-0.25, -0.2) is 0 Å². The lowest BCUT2D eigenvalue weighted by atomic mass is 9.92. The van der Waals surface area contributed by atoms with Gasteiger partial charge in [0.15, 0.2) is 5.78 Å². The molecule has 1 aromatic rings. The Bertz CT molecular complexity index is 602. The third-order valence-corrected chi connectivity index (χ3v) is 4.45. The number of carboxylic acid groups (broad SMARTS) is 1. The zero-order chi connectivity index (χ0) is 17.6. The molecule has 0 heterocycles. The summed E-state index contributed by atoms with van der Waals surface area (Å²) < 4.78 is 5.04. The number of carbonyl (C=O) groups excluding carboxylic acids is 2. The predicted octanol–water partition coefficient (Wildman–Crippen LogP) is 2.56. The van der Waals surface area contributed by atoms with E-state index >= 15 is 0 Å². The molecule has 0 unspecified atom stereocenters. The highest BCUT2D eigenvalue weighted by molar-refractivity contribution is 5.98. The Hall–Kier alpha value is -2.37. The Morgan fingerprint density at radius 1 is 1.12 bits per heavy atom. The van der Waals surface area contributed by atoms with Gasteiger partial charge in [-0.05, 0) is 37.1 Å². The number of hydrogen-bond donors (Lipinski definition) is 2. The number of rotatable bonds is 8. The van der Waals surface area contributed by atoms with Crippen molar-refractivity contribution in [3.63, 3.8) is 0 Å². The molecule has 1 aliphatic carbocycles. The summed E-state index contributed by atoms with van der Waals surface area (Å²) in [5.41, 5.74) is -0.115. The van der Waals surface area contributed by atoms with E-state index in [0.29, 0.717) is 24.2 Å². The number of hydrogen-bond acceptors (Lipinski definition) is 4. The van der Waals surface area contributed by atoms with Crippen LogP contribution in [0.15, 0.2) is 24.3 Å². The van der Waals surface area contributed by atoms with Crippen molar-refractivity contribution in [3.8, 4) is 5.75 Å². The third kappa shape index (κ3) is 4.81. The molecule has 6 heteroatoms. The maximum atomic E-state index is 12.1. The van der Waals surface area contributed by atoms with Gasteiger partial charge < -0.3 is 15.2 Å². The minimum atomic E-state index is -0.911. The molecule has 0 spiro atoms. The van der Waals surface area contributed by atoms with Crippen LogP contribution in [0.5, 0.6) is 5.75 Å². The van der Waals surface area contributed by atoms with Crippen molar-refractivity contribution in [1.82, 2.24) is 5.32 Å². The number of nitrogens with one attached hydrogen (secondary N) is 1. The lowest BCUT2D eigenvalue weighted by Gasteiger charge is -2.28. The Balaban J connectivity index is 1.87. The smallest absolute Gasteiger partial charge is 0.305 e. The van der Waals surface area contributed by atoms with Crippen LogP contribution in [-0.4, -0.2) is 35.4 Å². The predicted molar refractivity (Wildman–Crippen MR) is 88.2 cm³/mol. The number of Topliss-reactive ketones (excluding diaryl/α,β-unsaturated/α-hetero) is 1. The van der Waals surface area contributed by atoms with Gasteiger partial charge in [0.25, 0.3) is 0 Å². The number of benzene rings is 1. The molecule has 130 valence electrons. The van der Waals surface area contributed by atoms with Gasteiger partial charge >= 0.3 is 5.97 Å². The second-order valence-corrected chi connectivity index (χ2v) is 6.26. The van der Waals surface area contributed by atoms with Crippen molar-refractivity contribution in [1.29, 1.82) is 0 Å². The molecule has 0 atom stereocenters. The zero-order valence-electron chi connectivity index (χ0n) is 13.8. The summed E-state index contributed by atoms with van der Waals surface area (Å²) in [5, 5.41) is 11.9. The SMILES string of the molecule is COc1ccc(C(=O)CCC(=O)NC2(CC(=O)O)CCCC2)cc1. The topological polar surface area (TPSA) is 92.7 Å². The number of aliphatic carboxylic acids is 1. The van der Waals surface area contributed by atoms with Crippen LogP contribution in [0.25, 0.3) is 0 Å². The van der Waals surface area contributed by atoms with E-state index in [1.165, 1.54) is 0 Å². The lowest BCUT2D eigenvalue weighted by Crippen LogP contribution is -2.47. The number of carbonyl (C=O) groups is 3. The quantitative estimate of drug-likeness (QED) is 0.713. The molecule has 0 aliphatic heterocycles. The number of carboxylic acids is 1. The number of amides is 1. The summed E-state index contributed by atoms with van der Waals surface area (Å²) >= 11 is 0. The maximum Gasteiger partial charge on any atom is 0.305 e. The number of ketones is 1. The summed E-state index contributed by atoms with van der Waals surface area (Å²) in [5.74, 6) is -0.626. The molecule has 0 radical (unpaired) electrons. The molecule has 0 aromatic heterocycles. The average Bonchev–Trinajstić information content (AvgIpc) is 2.99.